The van der Waals surface area contributed by atoms with Crippen LogP contribution in [0.2, 0.25) is 0 Å². The number of rotatable bonds is 7. The zero-order valence-corrected chi connectivity index (χ0v) is 46.1. The molecule has 0 amide bonds. The third-order valence-corrected chi connectivity index (χ3v) is 14.0. The summed E-state index contributed by atoms with van der Waals surface area (Å²) in [7, 11) is 0. The first-order valence-corrected chi connectivity index (χ1v) is 27.3. The average molecular weight is 975 g/mol. The Bertz CT molecular complexity index is 3510. The summed E-state index contributed by atoms with van der Waals surface area (Å²) in [6.07, 6.45) is 3.60. The van der Waals surface area contributed by atoms with Crippen LogP contribution in [0.4, 0.5) is 0 Å². The molecule has 0 heteroatoms. The summed E-state index contributed by atoms with van der Waals surface area (Å²) in [4.78, 5) is 0. The number of aryl methyl sites for hydroxylation is 6. The molecule has 11 aromatic carbocycles. The highest BCUT2D eigenvalue weighted by atomic mass is 14.3. The van der Waals surface area contributed by atoms with E-state index >= 15 is 0 Å². The second kappa shape index (κ2) is 25.3. The molecular formula is C75H74. The maximum atomic E-state index is 2.38. The van der Waals surface area contributed by atoms with Gasteiger partial charge in [-0.15, -0.1) is 0 Å². The smallest absolute Gasteiger partial charge is 0.000741 e. The Morgan fingerprint density at radius 2 is 0.640 bits per heavy atom. The van der Waals surface area contributed by atoms with Gasteiger partial charge in [-0.25, -0.2) is 0 Å². The Labute approximate surface area is 449 Å². The molecule has 0 aliphatic heterocycles. The second-order valence-electron chi connectivity index (χ2n) is 19.6. The number of hydrogen-bond acceptors (Lipinski definition) is 0. The van der Waals surface area contributed by atoms with Gasteiger partial charge in [0.25, 0.3) is 0 Å². The van der Waals surface area contributed by atoms with Crippen molar-refractivity contribution in [2.75, 3.05) is 0 Å². The molecule has 0 atom stereocenters. The molecule has 0 aromatic heterocycles. The number of hydrogen-bond donors (Lipinski definition) is 0. The zero-order valence-electron chi connectivity index (χ0n) is 46.1. The van der Waals surface area contributed by atoms with Crippen LogP contribution in [0.5, 0.6) is 0 Å². The predicted octanol–water partition coefficient (Wildman–Crippen LogP) is 22.3. The summed E-state index contributed by atoms with van der Waals surface area (Å²) in [5.41, 5.74) is 26.6. The van der Waals surface area contributed by atoms with Gasteiger partial charge < -0.3 is 0 Å². The van der Waals surface area contributed by atoms with Gasteiger partial charge in [0.15, 0.2) is 0 Å². The lowest BCUT2D eigenvalue weighted by atomic mass is 9.82. The standard InChI is InChI=1S/C40H28.C16H18.C14H14.C3H8.C2H6/c1-25-22-26(2)24-29(23-25)30-20-21-35-38-31(30)18-11-19-34(38)39-36(27-12-5-3-6-13-27)32-16-9-10-17-33(32)37(40(35)39)28-14-7-4-8-15-28;1-3-8-14-10-5-7-12-16(14)15-11-6-4-9-13(15)2;1-11-7-3-5-9-13(11)14-10-6-4-8-12(14)2;1-3-2;1-2/h3-24H,1-2H3;4-7,9-12H,3,8H2,1-2H3;3-10H,1-2H3;3H2,1-2H3;1-2H3. The Morgan fingerprint density at radius 3 is 1.11 bits per heavy atom. The maximum absolute atomic E-state index is 2.38. The van der Waals surface area contributed by atoms with E-state index in [1.807, 2.05) is 13.8 Å². The molecule has 0 N–H and O–H groups in total. The normalized spacial score (nSPS) is 10.7. The van der Waals surface area contributed by atoms with Crippen molar-refractivity contribution in [2.45, 2.75) is 88.5 Å². The van der Waals surface area contributed by atoms with Crippen molar-refractivity contribution in [3.05, 3.63) is 264 Å². The lowest BCUT2D eigenvalue weighted by Crippen LogP contribution is -1.93. The van der Waals surface area contributed by atoms with Gasteiger partial charge >= 0.3 is 0 Å². The van der Waals surface area contributed by atoms with Gasteiger partial charge in [-0.3, -0.25) is 0 Å². The minimum absolute atomic E-state index is 1.16. The van der Waals surface area contributed by atoms with Gasteiger partial charge in [-0.05, 0) is 163 Å². The van der Waals surface area contributed by atoms with Crippen molar-refractivity contribution in [3.63, 3.8) is 0 Å². The predicted molar refractivity (Wildman–Crippen MR) is 331 cm³/mol. The van der Waals surface area contributed by atoms with E-state index in [4.69, 9.17) is 0 Å². The van der Waals surface area contributed by atoms with Crippen LogP contribution in [0, 0.1) is 34.6 Å². The Hall–Kier alpha value is -8.06. The van der Waals surface area contributed by atoms with Crippen molar-refractivity contribution in [1.29, 1.82) is 0 Å². The van der Waals surface area contributed by atoms with Gasteiger partial charge in [0.2, 0.25) is 0 Å². The van der Waals surface area contributed by atoms with E-state index in [1.54, 1.807) is 0 Å². The molecule has 0 heterocycles. The molecule has 12 rings (SSSR count). The quantitative estimate of drug-likeness (QED) is 0.149. The van der Waals surface area contributed by atoms with E-state index in [2.05, 4.69) is 286 Å². The topological polar surface area (TPSA) is 0 Å². The van der Waals surface area contributed by atoms with Crippen LogP contribution >= 0.6 is 0 Å². The van der Waals surface area contributed by atoms with Gasteiger partial charge in [0.1, 0.15) is 0 Å². The van der Waals surface area contributed by atoms with E-state index in [9.17, 15) is 0 Å². The highest BCUT2D eigenvalue weighted by Crippen LogP contribution is 2.58. The number of fused-ring (bicyclic) bond motifs is 4. The van der Waals surface area contributed by atoms with Crippen LogP contribution in [0.15, 0.2) is 231 Å². The molecule has 75 heavy (non-hydrogen) atoms. The molecule has 1 aliphatic carbocycles. The minimum Gasteiger partial charge on any atom is -0.0683 e. The molecule has 374 valence electrons. The third kappa shape index (κ3) is 11.5. The first-order valence-electron chi connectivity index (χ1n) is 27.3. The fourth-order valence-electron chi connectivity index (χ4n) is 10.9. The first kappa shape index (κ1) is 53.2. The van der Waals surface area contributed by atoms with E-state index in [1.165, 1.54) is 146 Å². The van der Waals surface area contributed by atoms with Gasteiger partial charge in [-0.2, -0.15) is 0 Å². The molecule has 0 unspecified atom stereocenters. The summed E-state index contributed by atoms with van der Waals surface area (Å²) in [5.74, 6) is 0. The molecule has 0 nitrogen and oxygen atoms in total. The van der Waals surface area contributed by atoms with E-state index in [0.29, 0.717) is 0 Å². The van der Waals surface area contributed by atoms with Crippen molar-refractivity contribution in [2.24, 2.45) is 0 Å². The second-order valence-corrected chi connectivity index (χ2v) is 19.6. The van der Waals surface area contributed by atoms with Crippen molar-refractivity contribution in [1.82, 2.24) is 0 Å². The zero-order chi connectivity index (χ0) is 52.8. The molecule has 0 saturated heterocycles. The fourth-order valence-corrected chi connectivity index (χ4v) is 10.9. The lowest BCUT2D eigenvalue weighted by molar-refractivity contribution is 0.923. The minimum atomic E-state index is 1.16. The van der Waals surface area contributed by atoms with E-state index < -0.39 is 0 Å². The van der Waals surface area contributed by atoms with Crippen molar-refractivity contribution >= 4 is 21.5 Å². The third-order valence-electron chi connectivity index (χ3n) is 14.0. The molecular weight excluding hydrogens is 901 g/mol. The molecule has 0 spiro atoms. The SMILES string of the molecule is CC.CCC.CCCc1ccccc1-c1ccccc1C.Cc1cc(C)cc(-c2ccc3c4c(cccc24)-c2c-3c(-c3ccccc3)c3ccccc3c2-c2ccccc2)c1.Cc1ccccc1-c1ccccc1C. The van der Waals surface area contributed by atoms with Crippen LogP contribution in [0.1, 0.15) is 80.8 Å². The molecule has 0 saturated carbocycles. The molecule has 11 aromatic rings. The first-order chi connectivity index (χ1) is 36.7. The Morgan fingerprint density at radius 1 is 0.280 bits per heavy atom. The van der Waals surface area contributed by atoms with Crippen molar-refractivity contribution in [3.8, 4) is 77.9 Å². The van der Waals surface area contributed by atoms with Crippen LogP contribution in [-0.4, -0.2) is 0 Å². The molecule has 1 aliphatic rings. The lowest BCUT2D eigenvalue weighted by Gasteiger charge is -2.20. The Balaban J connectivity index is 0.000000175. The molecule has 0 fully saturated rings. The van der Waals surface area contributed by atoms with E-state index in [0.717, 1.165) is 6.42 Å². The average Bonchev–Trinajstić information content (AvgIpc) is 3.78. The fraction of sp³-hybridized carbons (Fsp3) is 0.173. The van der Waals surface area contributed by atoms with E-state index in [-0.39, 0.29) is 0 Å². The van der Waals surface area contributed by atoms with Crippen LogP contribution in [0.25, 0.3) is 99.4 Å². The Kier molecular flexibility index (Phi) is 17.9. The highest BCUT2D eigenvalue weighted by molar-refractivity contribution is 6.28. The summed E-state index contributed by atoms with van der Waals surface area (Å²) in [5, 5.41) is 5.27. The van der Waals surface area contributed by atoms with Gasteiger partial charge in [-0.1, -0.05) is 289 Å². The van der Waals surface area contributed by atoms with Gasteiger partial charge in [0, 0.05) is 0 Å². The summed E-state index contributed by atoms with van der Waals surface area (Å²) in [6.45, 7) is 21.3. The summed E-state index contributed by atoms with van der Waals surface area (Å²) < 4.78 is 0. The molecule has 0 bridgehead atoms. The van der Waals surface area contributed by atoms with Crippen LogP contribution < -0.4 is 0 Å². The summed E-state index contributed by atoms with van der Waals surface area (Å²) >= 11 is 0. The number of benzene rings is 11. The molecule has 0 radical (unpaired) electrons. The van der Waals surface area contributed by atoms with Crippen LogP contribution in [0.3, 0.4) is 0 Å². The van der Waals surface area contributed by atoms with Crippen LogP contribution in [-0.2, 0) is 6.42 Å². The van der Waals surface area contributed by atoms with Gasteiger partial charge in [0.05, 0.1) is 0 Å². The highest BCUT2D eigenvalue weighted by Gasteiger charge is 2.31. The summed E-state index contributed by atoms with van der Waals surface area (Å²) in [6, 6.07) is 83.7. The maximum Gasteiger partial charge on any atom is -0.000741 e. The monoisotopic (exact) mass is 975 g/mol. The largest absolute Gasteiger partial charge is 0.0683 e. The van der Waals surface area contributed by atoms with Crippen molar-refractivity contribution < 1.29 is 0 Å².